The van der Waals surface area contributed by atoms with E-state index in [2.05, 4.69) is 10.6 Å². The highest BCUT2D eigenvalue weighted by Gasteiger charge is 2.32. The molecule has 0 heterocycles. The fourth-order valence-corrected chi connectivity index (χ4v) is 3.53. The fourth-order valence-electron chi connectivity index (χ4n) is 3.04. The van der Waals surface area contributed by atoms with Gasteiger partial charge in [-0.25, -0.2) is 4.79 Å². The Morgan fingerprint density at radius 1 is 0.861 bits per heavy atom. The van der Waals surface area contributed by atoms with Crippen LogP contribution in [0.3, 0.4) is 0 Å². The van der Waals surface area contributed by atoms with Gasteiger partial charge in [-0.05, 0) is 24.0 Å². The minimum absolute atomic E-state index is 0.0232. The molecule has 14 heteroatoms. The van der Waals surface area contributed by atoms with Crippen molar-refractivity contribution in [1.82, 2.24) is 16.0 Å². The maximum absolute atomic E-state index is 13.1. The smallest absolute Gasteiger partial charge is 0.326 e. The van der Waals surface area contributed by atoms with E-state index in [1.807, 2.05) is 11.6 Å². The molecule has 198 valence electrons. The molecular weight excluding hydrogens is 494 g/mol. The van der Waals surface area contributed by atoms with Crippen LogP contribution in [-0.2, 0) is 35.2 Å². The summed E-state index contributed by atoms with van der Waals surface area (Å²) < 4.78 is 0. The molecule has 1 aromatic rings. The van der Waals surface area contributed by atoms with E-state index in [9.17, 15) is 28.8 Å². The molecule has 4 unspecified atom stereocenters. The predicted octanol–water partition coefficient (Wildman–Crippen LogP) is -1.80. The van der Waals surface area contributed by atoms with E-state index in [1.54, 1.807) is 30.3 Å². The molecule has 0 aliphatic carbocycles. The zero-order valence-corrected chi connectivity index (χ0v) is 20.5. The van der Waals surface area contributed by atoms with E-state index in [0.717, 1.165) is 0 Å². The molecule has 9 N–H and O–H groups in total. The Labute approximate surface area is 211 Å². The van der Waals surface area contributed by atoms with Gasteiger partial charge in [0.05, 0.1) is 18.9 Å². The molecule has 0 aliphatic heterocycles. The van der Waals surface area contributed by atoms with Crippen molar-refractivity contribution >= 4 is 47.3 Å². The van der Waals surface area contributed by atoms with Gasteiger partial charge in [0.2, 0.25) is 23.6 Å². The number of thioether (sulfide) groups is 1. The Morgan fingerprint density at radius 3 is 1.94 bits per heavy atom. The summed E-state index contributed by atoms with van der Waals surface area (Å²) in [6.45, 7) is 0. The van der Waals surface area contributed by atoms with Gasteiger partial charge in [0.15, 0.2) is 0 Å². The lowest BCUT2D eigenvalue weighted by Gasteiger charge is -2.24. The van der Waals surface area contributed by atoms with Crippen molar-refractivity contribution in [2.24, 2.45) is 11.5 Å². The van der Waals surface area contributed by atoms with Crippen LogP contribution in [0.2, 0.25) is 0 Å². The third-order valence-electron chi connectivity index (χ3n) is 4.92. The van der Waals surface area contributed by atoms with Gasteiger partial charge >= 0.3 is 11.9 Å². The molecule has 0 bridgehead atoms. The summed E-state index contributed by atoms with van der Waals surface area (Å²) in [6, 6.07) is 3.15. The van der Waals surface area contributed by atoms with Crippen LogP contribution >= 0.6 is 11.8 Å². The first-order valence-electron chi connectivity index (χ1n) is 10.9. The first kappa shape index (κ1) is 30.4. The molecule has 4 atom stereocenters. The molecule has 0 radical (unpaired) electrons. The number of hydrogen-bond acceptors (Lipinski definition) is 8. The molecule has 0 spiro atoms. The fraction of sp³-hybridized carbons (Fsp3) is 0.455. The van der Waals surface area contributed by atoms with E-state index in [-0.39, 0.29) is 6.42 Å². The zero-order chi connectivity index (χ0) is 27.3. The van der Waals surface area contributed by atoms with Crippen LogP contribution < -0.4 is 27.4 Å². The number of primary amides is 1. The van der Waals surface area contributed by atoms with Crippen LogP contribution in [0.1, 0.15) is 24.8 Å². The summed E-state index contributed by atoms with van der Waals surface area (Å²) in [4.78, 5) is 72.0. The summed E-state index contributed by atoms with van der Waals surface area (Å²) in [5, 5.41) is 24.9. The van der Waals surface area contributed by atoms with Crippen LogP contribution in [0.4, 0.5) is 0 Å². The monoisotopic (exact) mass is 525 g/mol. The second-order valence-electron chi connectivity index (χ2n) is 7.87. The average molecular weight is 526 g/mol. The number of carboxylic acid groups (broad SMARTS) is 2. The minimum Gasteiger partial charge on any atom is -0.481 e. The van der Waals surface area contributed by atoms with Crippen LogP contribution in [0.15, 0.2) is 30.3 Å². The van der Waals surface area contributed by atoms with Crippen molar-refractivity contribution in [1.29, 1.82) is 0 Å². The molecule has 1 rings (SSSR count). The van der Waals surface area contributed by atoms with Gasteiger partial charge in [0.25, 0.3) is 0 Å². The number of carbonyl (C=O) groups is 6. The second kappa shape index (κ2) is 15.4. The van der Waals surface area contributed by atoms with Gasteiger partial charge < -0.3 is 37.6 Å². The third-order valence-corrected chi connectivity index (χ3v) is 5.56. The topological polar surface area (TPSA) is 231 Å². The van der Waals surface area contributed by atoms with Gasteiger partial charge in [-0.15, -0.1) is 0 Å². The maximum atomic E-state index is 13.1. The SMILES string of the molecule is CSCCC(N)C(=O)NC(Cc1ccccc1)C(=O)NC(CC(N)=O)C(=O)NC(CC(=O)O)C(=O)O. The highest BCUT2D eigenvalue weighted by Crippen LogP contribution is 2.07. The highest BCUT2D eigenvalue weighted by atomic mass is 32.2. The molecule has 1 aromatic carbocycles. The molecule has 13 nitrogen and oxygen atoms in total. The van der Waals surface area contributed by atoms with Crippen molar-refractivity contribution in [3.63, 3.8) is 0 Å². The van der Waals surface area contributed by atoms with Gasteiger partial charge in [0.1, 0.15) is 18.1 Å². The lowest BCUT2D eigenvalue weighted by molar-refractivity contribution is -0.147. The number of carbonyl (C=O) groups excluding carboxylic acids is 4. The number of rotatable bonds is 16. The lowest BCUT2D eigenvalue weighted by atomic mass is 10.0. The van der Waals surface area contributed by atoms with Crippen molar-refractivity contribution < 1.29 is 39.0 Å². The Hall–Kier alpha value is -3.65. The summed E-state index contributed by atoms with van der Waals surface area (Å²) in [6.07, 6.45) is 0.607. The van der Waals surface area contributed by atoms with E-state index in [4.69, 9.17) is 21.7 Å². The Bertz CT molecular complexity index is 946. The van der Waals surface area contributed by atoms with Crippen LogP contribution in [-0.4, -0.2) is 82.0 Å². The first-order valence-corrected chi connectivity index (χ1v) is 12.3. The van der Waals surface area contributed by atoms with E-state index in [1.165, 1.54) is 11.8 Å². The first-order chi connectivity index (χ1) is 16.9. The largest absolute Gasteiger partial charge is 0.481 e. The van der Waals surface area contributed by atoms with Crippen molar-refractivity contribution in [3.8, 4) is 0 Å². The minimum atomic E-state index is -1.81. The van der Waals surface area contributed by atoms with Crippen LogP contribution in [0, 0.1) is 0 Å². The van der Waals surface area contributed by atoms with Crippen molar-refractivity contribution in [3.05, 3.63) is 35.9 Å². The maximum Gasteiger partial charge on any atom is 0.326 e. The molecule has 0 fully saturated rings. The van der Waals surface area contributed by atoms with Crippen LogP contribution in [0.5, 0.6) is 0 Å². The van der Waals surface area contributed by atoms with Crippen molar-refractivity contribution in [2.75, 3.05) is 12.0 Å². The zero-order valence-electron chi connectivity index (χ0n) is 19.6. The summed E-state index contributed by atoms with van der Waals surface area (Å²) in [7, 11) is 0. The summed E-state index contributed by atoms with van der Waals surface area (Å²) in [5.74, 6) is -6.05. The second-order valence-corrected chi connectivity index (χ2v) is 8.85. The lowest BCUT2D eigenvalue weighted by Crippen LogP contribution is -2.58. The van der Waals surface area contributed by atoms with E-state index < -0.39 is 72.6 Å². The predicted molar refractivity (Wildman–Crippen MR) is 131 cm³/mol. The Morgan fingerprint density at radius 2 is 1.42 bits per heavy atom. The standard InChI is InChI=1S/C22H31N5O8S/c1-36-8-7-13(23)19(31)25-14(9-12-5-3-2-4-6-12)20(32)26-15(10-17(24)28)21(33)27-16(22(34)35)11-18(29)30/h2-6,13-16H,7-11,23H2,1H3,(H2,24,28)(H,25,31)(H,26,32)(H,27,33)(H,29,30)(H,34,35). The van der Waals surface area contributed by atoms with Gasteiger partial charge in [-0.3, -0.25) is 24.0 Å². The number of benzene rings is 1. The van der Waals surface area contributed by atoms with E-state index >= 15 is 0 Å². The molecule has 0 aliphatic rings. The number of aliphatic carboxylic acids is 2. The Balaban J connectivity index is 3.10. The number of carboxylic acids is 2. The van der Waals surface area contributed by atoms with E-state index in [0.29, 0.717) is 17.7 Å². The molecule has 0 aromatic heterocycles. The summed E-state index contributed by atoms with van der Waals surface area (Å²) >= 11 is 1.50. The number of nitrogens with one attached hydrogen (secondary N) is 3. The van der Waals surface area contributed by atoms with Gasteiger partial charge in [-0.1, -0.05) is 30.3 Å². The molecule has 4 amide bonds. The molecule has 0 saturated carbocycles. The third kappa shape index (κ3) is 11.2. The number of amides is 4. The quantitative estimate of drug-likeness (QED) is 0.128. The van der Waals surface area contributed by atoms with Gasteiger partial charge in [0, 0.05) is 6.42 Å². The highest BCUT2D eigenvalue weighted by molar-refractivity contribution is 7.98. The average Bonchev–Trinajstić information content (AvgIpc) is 2.80. The van der Waals surface area contributed by atoms with Crippen LogP contribution in [0.25, 0.3) is 0 Å². The Kier molecular flexibility index (Phi) is 13.0. The summed E-state index contributed by atoms with van der Waals surface area (Å²) in [5.41, 5.74) is 11.8. The molecular formula is C22H31N5O8S. The van der Waals surface area contributed by atoms with Crippen molar-refractivity contribution in [2.45, 2.75) is 49.9 Å². The molecule has 0 saturated heterocycles. The number of nitrogens with two attached hydrogens (primary N) is 2. The number of hydrogen-bond donors (Lipinski definition) is 7. The van der Waals surface area contributed by atoms with Gasteiger partial charge in [-0.2, -0.15) is 11.8 Å². The molecule has 36 heavy (non-hydrogen) atoms. The normalized spacial score (nSPS) is 13.9.